The Kier molecular flexibility index (Phi) is 2.35. The molecular formula is C13H21NO. The van der Waals surface area contributed by atoms with E-state index in [0.717, 1.165) is 24.8 Å². The number of fused-ring (bicyclic) bond motifs is 2. The van der Waals surface area contributed by atoms with E-state index < -0.39 is 0 Å². The SMILES string of the molecule is CC(CC1CC1)N1C2CCC1CC(=O)C2. The molecule has 0 spiro atoms. The van der Waals surface area contributed by atoms with Crippen molar-refractivity contribution >= 4 is 5.78 Å². The summed E-state index contributed by atoms with van der Waals surface area (Å²) in [6, 6.07) is 1.93. The summed E-state index contributed by atoms with van der Waals surface area (Å²) in [6.07, 6.45) is 8.49. The third kappa shape index (κ3) is 1.84. The minimum absolute atomic E-state index is 0.511. The molecule has 2 aliphatic heterocycles. The molecule has 3 fully saturated rings. The molecule has 0 N–H and O–H groups in total. The van der Waals surface area contributed by atoms with Crippen LogP contribution in [0.3, 0.4) is 0 Å². The van der Waals surface area contributed by atoms with Crippen molar-refractivity contribution < 1.29 is 4.79 Å². The van der Waals surface area contributed by atoms with Crippen molar-refractivity contribution in [2.75, 3.05) is 0 Å². The molecule has 0 amide bonds. The van der Waals surface area contributed by atoms with Crippen LogP contribution in [0.25, 0.3) is 0 Å². The van der Waals surface area contributed by atoms with Gasteiger partial charge in [0.25, 0.3) is 0 Å². The second-order valence-electron chi connectivity index (χ2n) is 5.81. The van der Waals surface area contributed by atoms with Gasteiger partial charge in [0.15, 0.2) is 0 Å². The molecule has 3 rings (SSSR count). The molecule has 2 heterocycles. The monoisotopic (exact) mass is 207 g/mol. The average Bonchev–Trinajstić information content (AvgIpc) is 2.93. The number of carbonyl (C=O) groups is 1. The number of rotatable bonds is 3. The van der Waals surface area contributed by atoms with Crippen LogP contribution in [0.15, 0.2) is 0 Å². The lowest BCUT2D eigenvalue weighted by Crippen LogP contribution is -2.48. The van der Waals surface area contributed by atoms with Crippen molar-refractivity contribution in [3.8, 4) is 0 Å². The molecule has 3 aliphatic rings. The van der Waals surface area contributed by atoms with Crippen LogP contribution in [0.1, 0.15) is 51.9 Å². The van der Waals surface area contributed by atoms with E-state index in [1.54, 1.807) is 0 Å². The Bertz CT molecular complexity index is 256. The van der Waals surface area contributed by atoms with E-state index in [1.807, 2.05) is 0 Å². The molecule has 0 radical (unpaired) electrons. The van der Waals surface area contributed by atoms with Gasteiger partial charge in [0.05, 0.1) is 0 Å². The molecule has 2 nitrogen and oxygen atoms in total. The van der Waals surface area contributed by atoms with Gasteiger partial charge in [-0.25, -0.2) is 0 Å². The second-order valence-corrected chi connectivity index (χ2v) is 5.81. The number of Topliss-reactive ketones (excluding diaryl/α,β-unsaturated/α-hetero) is 1. The van der Waals surface area contributed by atoms with Crippen LogP contribution in [0.5, 0.6) is 0 Å². The van der Waals surface area contributed by atoms with Crippen LogP contribution in [-0.2, 0) is 4.79 Å². The zero-order chi connectivity index (χ0) is 10.4. The van der Waals surface area contributed by atoms with E-state index in [1.165, 1.54) is 32.1 Å². The first-order valence-corrected chi connectivity index (χ1v) is 6.53. The molecule has 2 bridgehead atoms. The summed E-state index contributed by atoms with van der Waals surface area (Å²) in [4.78, 5) is 14.2. The molecule has 1 aliphatic carbocycles. The number of nitrogens with zero attached hydrogens (tertiary/aromatic N) is 1. The Morgan fingerprint density at radius 1 is 1.20 bits per heavy atom. The van der Waals surface area contributed by atoms with Gasteiger partial charge < -0.3 is 0 Å². The lowest BCUT2D eigenvalue weighted by atomic mass is 9.97. The zero-order valence-corrected chi connectivity index (χ0v) is 9.61. The molecule has 2 heteroatoms. The first-order chi connectivity index (χ1) is 7.24. The van der Waals surface area contributed by atoms with Crippen LogP contribution < -0.4 is 0 Å². The van der Waals surface area contributed by atoms with E-state index in [2.05, 4.69) is 11.8 Å². The first kappa shape index (κ1) is 9.83. The summed E-state index contributed by atoms with van der Waals surface area (Å²) in [5.41, 5.74) is 0. The maximum Gasteiger partial charge on any atom is 0.136 e. The molecule has 0 aromatic heterocycles. The highest BCUT2D eigenvalue weighted by atomic mass is 16.1. The Morgan fingerprint density at radius 2 is 1.80 bits per heavy atom. The van der Waals surface area contributed by atoms with E-state index in [9.17, 15) is 4.79 Å². The molecule has 2 saturated heterocycles. The Morgan fingerprint density at radius 3 is 2.33 bits per heavy atom. The number of hydrogen-bond donors (Lipinski definition) is 0. The Labute approximate surface area is 92.0 Å². The molecule has 1 saturated carbocycles. The fraction of sp³-hybridized carbons (Fsp3) is 0.923. The fourth-order valence-electron chi connectivity index (χ4n) is 3.68. The minimum atomic E-state index is 0.511. The summed E-state index contributed by atoms with van der Waals surface area (Å²) in [5, 5.41) is 0. The smallest absolute Gasteiger partial charge is 0.136 e. The zero-order valence-electron chi connectivity index (χ0n) is 9.61. The Hall–Kier alpha value is -0.370. The lowest BCUT2D eigenvalue weighted by molar-refractivity contribution is -0.124. The van der Waals surface area contributed by atoms with Crippen LogP contribution >= 0.6 is 0 Å². The maximum atomic E-state index is 11.5. The van der Waals surface area contributed by atoms with Crippen LogP contribution in [-0.4, -0.2) is 28.8 Å². The predicted molar refractivity (Wildman–Crippen MR) is 59.7 cm³/mol. The molecule has 84 valence electrons. The van der Waals surface area contributed by atoms with E-state index in [0.29, 0.717) is 17.9 Å². The van der Waals surface area contributed by atoms with Crippen LogP contribution in [0.4, 0.5) is 0 Å². The number of ketones is 1. The van der Waals surface area contributed by atoms with Crippen molar-refractivity contribution in [1.82, 2.24) is 4.90 Å². The molecule has 15 heavy (non-hydrogen) atoms. The van der Waals surface area contributed by atoms with Gasteiger partial charge in [0.2, 0.25) is 0 Å². The fourth-order valence-corrected chi connectivity index (χ4v) is 3.68. The number of hydrogen-bond acceptors (Lipinski definition) is 2. The standard InChI is InChI=1S/C13H21NO/c1-9(6-10-2-3-10)14-11-4-5-12(14)8-13(15)7-11/h9-12H,2-8H2,1H3. The van der Waals surface area contributed by atoms with Gasteiger partial charge >= 0.3 is 0 Å². The summed E-state index contributed by atoms with van der Waals surface area (Å²) >= 11 is 0. The van der Waals surface area contributed by atoms with Crippen molar-refractivity contribution in [3.05, 3.63) is 0 Å². The second kappa shape index (κ2) is 3.58. The highest BCUT2D eigenvalue weighted by Crippen LogP contribution is 2.40. The summed E-state index contributed by atoms with van der Waals surface area (Å²) in [7, 11) is 0. The van der Waals surface area contributed by atoms with E-state index in [-0.39, 0.29) is 0 Å². The van der Waals surface area contributed by atoms with Gasteiger partial charge in [0, 0.05) is 31.0 Å². The minimum Gasteiger partial charge on any atom is -0.300 e. The number of carbonyl (C=O) groups excluding carboxylic acids is 1. The topological polar surface area (TPSA) is 20.3 Å². The molecule has 3 atom stereocenters. The van der Waals surface area contributed by atoms with E-state index in [4.69, 9.17) is 0 Å². The largest absolute Gasteiger partial charge is 0.300 e. The highest BCUT2D eigenvalue weighted by molar-refractivity contribution is 5.81. The van der Waals surface area contributed by atoms with Gasteiger partial charge in [-0.05, 0) is 32.1 Å². The van der Waals surface area contributed by atoms with Gasteiger partial charge in [-0.1, -0.05) is 12.8 Å². The summed E-state index contributed by atoms with van der Waals surface area (Å²) < 4.78 is 0. The van der Waals surface area contributed by atoms with Crippen LogP contribution in [0, 0.1) is 5.92 Å². The van der Waals surface area contributed by atoms with E-state index >= 15 is 0 Å². The van der Waals surface area contributed by atoms with Gasteiger partial charge in [-0.2, -0.15) is 0 Å². The molecular weight excluding hydrogens is 186 g/mol. The average molecular weight is 207 g/mol. The lowest BCUT2D eigenvalue weighted by Gasteiger charge is -2.38. The van der Waals surface area contributed by atoms with Crippen LogP contribution in [0.2, 0.25) is 0 Å². The van der Waals surface area contributed by atoms with Crippen molar-refractivity contribution in [3.63, 3.8) is 0 Å². The van der Waals surface area contributed by atoms with Crippen molar-refractivity contribution in [2.24, 2.45) is 5.92 Å². The predicted octanol–water partition coefficient (Wildman–Crippen LogP) is 2.37. The quantitative estimate of drug-likeness (QED) is 0.708. The maximum absolute atomic E-state index is 11.5. The molecule has 0 aromatic carbocycles. The van der Waals surface area contributed by atoms with Gasteiger partial charge in [-0.15, -0.1) is 0 Å². The normalized spacial score (nSPS) is 38.3. The number of piperidine rings is 1. The summed E-state index contributed by atoms with van der Waals surface area (Å²) in [5.74, 6) is 1.52. The first-order valence-electron chi connectivity index (χ1n) is 6.53. The van der Waals surface area contributed by atoms with Gasteiger partial charge in [-0.3, -0.25) is 9.69 Å². The van der Waals surface area contributed by atoms with Crippen molar-refractivity contribution in [1.29, 1.82) is 0 Å². The third-order valence-corrected chi connectivity index (χ3v) is 4.48. The molecule has 0 aromatic rings. The van der Waals surface area contributed by atoms with Crippen molar-refractivity contribution in [2.45, 2.75) is 70.0 Å². The summed E-state index contributed by atoms with van der Waals surface area (Å²) in [6.45, 7) is 2.37. The van der Waals surface area contributed by atoms with Gasteiger partial charge in [0.1, 0.15) is 5.78 Å². The highest BCUT2D eigenvalue weighted by Gasteiger charge is 2.43. The third-order valence-electron chi connectivity index (χ3n) is 4.48. The molecule has 3 unspecified atom stereocenters. The Balaban J connectivity index is 1.67.